The minimum absolute atomic E-state index is 0.0961. The number of allylic oxidation sites excluding steroid dienone is 6. The van der Waals surface area contributed by atoms with E-state index in [4.69, 9.17) is 9.98 Å². The number of hydrogen-bond acceptors (Lipinski definition) is 3. The van der Waals surface area contributed by atoms with Crippen LogP contribution < -0.4 is 4.57 Å². The number of hydrogen-bond donors (Lipinski definition) is 0. The van der Waals surface area contributed by atoms with Crippen LogP contribution in [0, 0.1) is 5.41 Å². The molecule has 0 radical (unpaired) electrons. The van der Waals surface area contributed by atoms with Crippen molar-refractivity contribution in [3.8, 4) is 0 Å². The van der Waals surface area contributed by atoms with Crippen molar-refractivity contribution in [2.45, 2.75) is 33.1 Å². The Balaban J connectivity index is 1.66. The van der Waals surface area contributed by atoms with Gasteiger partial charge in [0.2, 0.25) is 0 Å². The van der Waals surface area contributed by atoms with E-state index < -0.39 is 0 Å². The van der Waals surface area contributed by atoms with Gasteiger partial charge in [0.05, 0.1) is 29.9 Å². The Morgan fingerprint density at radius 3 is 2.59 bits per heavy atom. The molecular weight excluding hydrogens is 332 g/mol. The zero-order chi connectivity index (χ0) is 19.4. The Morgan fingerprint density at radius 1 is 1.11 bits per heavy atom. The predicted octanol–water partition coefficient (Wildman–Crippen LogP) is 4.14. The first kappa shape index (κ1) is 17.7. The number of nitrogens with zero attached hydrogens (tertiary/aromatic N) is 4. The highest BCUT2D eigenvalue weighted by Crippen LogP contribution is 2.44. The van der Waals surface area contributed by atoms with Crippen molar-refractivity contribution in [3.05, 3.63) is 71.7 Å². The van der Waals surface area contributed by atoms with Gasteiger partial charge in [0.15, 0.2) is 5.71 Å². The van der Waals surface area contributed by atoms with Gasteiger partial charge in [-0.2, -0.15) is 0 Å². The van der Waals surface area contributed by atoms with E-state index in [0.29, 0.717) is 0 Å². The molecular formula is C23H27N4+. The van der Waals surface area contributed by atoms with E-state index in [2.05, 4.69) is 79.7 Å². The zero-order valence-corrected chi connectivity index (χ0v) is 17.0. The highest BCUT2D eigenvalue weighted by Gasteiger charge is 2.42. The quantitative estimate of drug-likeness (QED) is 0.730. The second kappa shape index (κ2) is 5.88. The molecule has 3 aliphatic rings. The fraction of sp³-hybridized carbons (Fsp3) is 0.348. The lowest BCUT2D eigenvalue weighted by atomic mass is 9.81. The van der Waals surface area contributed by atoms with Crippen molar-refractivity contribution in [2.75, 3.05) is 7.05 Å². The number of fused-ring (bicyclic) bond motifs is 2. The minimum Gasteiger partial charge on any atom is -0.336 e. The molecule has 4 heteroatoms. The summed E-state index contributed by atoms with van der Waals surface area (Å²) in [4.78, 5) is 11.9. The number of aryl methyl sites for hydroxylation is 1. The molecule has 4 rings (SSSR count). The molecule has 4 nitrogen and oxygen atoms in total. The third-order valence-electron chi connectivity index (χ3n) is 5.88. The van der Waals surface area contributed by atoms with Crippen molar-refractivity contribution >= 4 is 17.4 Å². The van der Waals surface area contributed by atoms with E-state index in [1.807, 2.05) is 26.5 Å². The third-order valence-corrected chi connectivity index (χ3v) is 5.88. The molecule has 0 spiro atoms. The number of likely N-dealkylation sites (N-methyl/N-ethyl adjacent to an activating group) is 1. The molecule has 0 N–H and O–H groups in total. The van der Waals surface area contributed by atoms with Crippen LogP contribution in [0.2, 0.25) is 0 Å². The summed E-state index contributed by atoms with van der Waals surface area (Å²) in [6.07, 6.45) is 14.7. The van der Waals surface area contributed by atoms with Crippen molar-refractivity contribution < 1.29 is 4.57 Å². The third kappa shape index (κ3) is 2.62. The van der Waals surface area contributed by atoms with Crippen molar-refractivity contribution in [2.24, 2.45) is 22.4 Å². The van der Waals surface area contributed by atoms with Gasteiger partial charge in [-0.05, 0) is 49.2 Å². The largest absolute Gasteiger partial charge is 0.336 e. The molecule has 0 bridgehead atoms. The lowest BCUT2D eigenvalue weighted by Crippen LogP contribution is -2.30. The van der Waals surface area contributed by atoms with Crippen molar-refractivity contribution in [1.82, 2.24) is 4.90 Å². The van der Waals surface area contributed by atoms with Gasteiger partial charge in [-0.3, -0.25) is 0 Å². The van der Waals surface area contributed by atoms with Crippen LogP contribution in [-0.2, 0) is 12.5 Å². The summed E-state index contributed by atoms with van der Waals surface area (Å²) in [5.74, 6) is 2.08. The average Bonchev–Trinajstić information content (AvgIpc) is 3.02. The number of aromatic nitrogens is 1. The van der Waals surface area contributed by atoms with Gasteiger partial charge in [0.25, 0.3) is 0 Å². The van der Waals surface area contributed by atoms with Crippen LogP contribution in [0.4, 0.5) is 5.82 Å². The summed E-state index contributed by atoms with van der Waals surface area (Å²) in [5.41, 5.74) is 4.50. The van der Waals surface area contributed by atoms with Gasteiger partial charge in [-0.1, -0.05) is 26.0 Å². The van der Waals surface area contributed by atoms with Crippen LogP contribution in [0.1, 0.15) is 33.3 Å². The maximum absolute atomic E-state index is 4.89. The molecule has 0 unspecified atom stereocenters. The molecule has 0 atom stereocenters. The number of aliphatic imine (C=N–C) groups is 2. The van der Waals surface area contributed by atoms with Crippen LogP contribution in [0.25, 0.3) is 0 Å². The molecule has 4 heterocycles. The van der Waals surface area contributed by atoms with E-state index in [0.717, 1.165) is 23.1 Å². The first-order chi connectivity index (χ1) is 12.7. The smallest absolute Gasteiger partial charge is 0.327 e. The molecule has 0 aromatic carbocycles. The molecule has 3 aliphatic heterocycles. The SMILES string of the molecule is CN1C=CC=C2C1=NC(=CC=CC1=Nc3c(ccc[n+]3C)C1(C)C)C2(C)C. The molecule has 27 heavy (non-hydrogen) atoms. The maximum Gasteiger partial charge on any atom is 0.327 e. The van der Waals surface area contributed by atoms with Crippen LogP contribution in [0.5, 0.6) is 0 Å². The van der Waals surface area contributed by atoms with Crippen LogP contribution in [0.15, 0.2) is 76.2 Å². The van der Waals surface area contributed by atoms with E-state index >= 15 is 0 Å². The summed E-state index contributed by atoms with van der Waals surface area (Å²) in [5, 5.41) is 0. The van der Waals surface area contributed by atoms with E-state index in [-0.39, 0.29) is 10.8 Å². The Labute approximate surface area is 161 Å². The lowest BCUT2D eigenvalue weighted by molar-refractivity contribution is -0.658. The van der Waals surface area contributed by atoms with Crippen LogP contribution in [-0.4, -0.2) is 23.5 Å². The Bertz CT molecular complexity index is 997. The standard InChI is InChI=1S/C23H27N4/c1-22(2)16-10-8-14-26(5)20(16)24-18(22)12-7-13-19-23(3,4)17-11-9-15-27(6)21(17)25-19/h7-15H,1-6H3/q+1. The zero-order valence-electron chi connectivity index (χ0n) is 17.0. The van der Waals surface area contributed by atoms with Crippen LogP contribution >= 0.6 is 0 Å². The Hall–Kier alpha value is -2.75. The Morgan fingerprint density at radius 2 is 1.89 bits per heavy atom. The van der Waals surface area contributed by atoms with E-state index in [1.165, 1.54) is 11.1 Å². The number of rotatable bonds is 2. The first-order valence-corrected chi connectivity index (χ1v) is 9.41. The lowest BCUT2D eigenvalue weighted by Gasteiger charge is -2.25. The molecule has 0 saturated carbocycles. The highest BCUT2D eigenvalue weighted by atomic mass is 15.2. The number of pyridine rings is 1. The molecule has 0 aliphatic carbocycles. The van der Waals surface area contributed by atoms with Gasteiger partial charge in [0.1, 0.15) is 5.84 Å². The van der Waals surface area contributed by atoms with Gasteiger partial charge in [-0.25, -0.2) is 9.56 Å². The second-order valence-corrected chi connectivity index (χ2v) is 8.48. The van der Waals surface area contributed by atoms with Crippen molar-refractivity contribution in [1.29, 1.82) is 0 Å². The normalized spacial score (nSPS) is 23.4. The molecule has 0 amide bonds. The fourth-order valence-corrected chi connectivity index (χ4v) is 3.97. The van der Waals surface area contributed by atoms with E-state index in [1.54, 1.807) is 0 Å². The predicted molar refractivity (Wildman–Crippen MR) is 111 cm³/mol. The van der Waals surface area contributed by atoms with Gasteiger partial charge in [0, 0.05) is 24.2 Å². The summed E-state index contributed by atoms with van der Waals surface area (Å²) < 4.78 is 2.09. The first-order valence-electron chi connectivity index (χ1n) is 9.41. The summed E-state index contributed by atoms with van der Waals surface area (Å²) in [6, 6.07) is 4.26. The van der Waals surface area contributed by atoms with E-state index in [9.17, 15) is 0 Å². The van der Waals surface area contributed by atoms with Gasteiger partial charge in [-0.15, -0.1) is 0 Å². The monoisotopic (exact) mass is 359 g/mol. The molecule has 1 aromatic rings. The minimum atomic E-state index is -0.0961. The average molecular weight is 359 g/mol. The summed E-state index contributed by atoms with van der Waals surface area (Å²) in [6.45, 7) is 8.92. The Kier molecular flexibility index (Phi) is 3.84. The topological polar surface area (TPSA) is 31.8 Å². The summed E-state index contributed by atoms with van der Waals surface area (Å²) in [7, 11) is 4.09. The number of amidine groups is 1. The molecule has 1 aromatic heterocycles. The van der Waals surface area contributed by atoms with Gasteiger partial charge >= 0.3 is 5.82 Å². The van der Waals surface area contributed by atoms with Crippen molar-refractivity contribution in [3.63, 3.8) is 0 Å². The van der Waals surface area contributed by atoms with Gasteiger partial charge < -0.3 is 4.90 Å². The fourth-order valence-electron chi connectivity index (χ4n) is 3.97. The highest BCUT2D eigenvalue weighted by molar-refractivity contribution is 6.08. The second-order valence-electron chi connectivity index (χ2n) is 8.48. The summed E-state index contributed by atoms with van der Waals surface area (Å²) >= 11 is 0. The maximum atomic E-state index is 4.89. The van der Waals surface area contributed by atoms with Crippen LogP contribution in [0.3, 0.4) is 0 Å². The molecule has 138 valence electrons. The molecule has 0 fully saturated rings. The molecule has 0 saturated heterocycles.